The lowest BCUT2D eigenvalue weighted by Crippen LogP contribution is -2.09. The predicted molar refractivity (Wildman–Crippen MR) is 30.1 cm³/mol. The van der Waals surface area contributed by atoms with Crippen LogP contribution in [0.4, 0.5) is 0 Å². The molecule has 0 spiro atoms. The van der Waals surface area contributed by atoms with Gasteiger partial charge in [0.25, 0.3) is 0 Å². The quantitative estimate of drug-likeness (QED) is 0.333. The number of hydrogen-bond acceptors (Lipinski definition) is 2. The molecule has 0 radical (unpaired) electrons. The minimum absolute atomic E-state index is 0. The minimum Gasteiger partial charge on any atom is -0.473 e. The highest BCUT2D eigenvalue weighted by molar-refractivity contribution is 6.27. The zero-order chi connectivity index (χ0) is 7.15. The fourth-order valence-corrected chi connectivity index (χ4v) is 0. The Morgan fingerprint density at radius 3 is 1.11 bits per heavy atom. The molecule has 0 rings (SSSR count). The molecule has 0 aromatic heterocycles. The van der Waals surface area contributed by atoms with Crippen molar-refractivity contribution in [1.82, 2.24) is 0 Å². The number of carboxylic acid groups (broad SMARTS) is 2. The van der Waals surface area contributed by atoms with Crippen LogP contribution >= 0.6 is 0 Å². The van der Waals surface area contributed by atoms with Crippen molar-refractivity contribution in [2.45, 2.75) is 0 Å². The van der Waals surface area contributed by atoms with Crippen molar-refractivity contribution in [3.63, 3.8) is 0 Å². The van der Waals surface area contributed by atoms with Gasteiger partial charge in [0, 0.05) is 0 Å². The fourth-order valence-electron chi connectivity index (χ4n) is 0. The molecule has 5 heteroatoms. The Labute approximate surface area is 51.5 Å². The van der Waals surface area contributed by atoms with E-state index in [1.807, 2.05) is 0 Å². The van der Waals surface area contributed by atoms with Crippen molar-refractivity contribution in [3.8, 4) is 0 Å². The predicted octanol–water partition coefficient (Wildman–Crippen LogP) is -0.867. The summed E-state index contributed by atoms with van der Waals surface area (Å²) in [6.45, 7) is 6.00. The third-order valence-electron chi connectivity index (χ3n) is 0.183. The van der Waals surface area contributed by atoms with E-state index in [4.69, 9.17) is 19.8 Å². The molecule has 54 valence electrons. The monoisotopic (exact) mass is 136 g/mol. The molecule has 0 aliphatic heterocycles. The standard InChI is InChI=1S/C2H2O4.C2H4.H2O/c3-1(4)2(5)6;1-2;/h(H,3,4)(H,5,6);1-2H2;1H2. The van der Waals surface area contributed by atoms with Gasteiger partial charge < -0.3 is 15.7 Å². The third kappa shape index (κ3) is 20.5. The topological polar surface area (TPSA) is 106 Å². The first kappa shape index (κ1) is 15.6. The van der Waals surface area contributed by atoms with E-state index in [2.05, 4.69) is 13.2 Å². The van der Waals surface area contributed by atoms with Crippen molar-refractivity contribution in [2.24, 2.45) is 0 Å². The SMILES string of the molecule is C=C.O.O=C(O)C(=O)O. The molecule has 0 fully saturated rings. The Morgan fingerprint density at radius 1 is 1.00 bits per heavy atom. The molecule has 0 heterocycles. The number of hydrogen-bond donors (Lipinski definition) is 2. The van der Waals surface area contributed by atoms with Gasteiger partial charge in [-0.3, -0.25) is 0 Å². The van der Waals surface area contributed by atoms with Crippen LogP contribution in [0.2, 0.25) is 0 Å². The van der Waals surface area contributed by atoms with Gasteiger partial charge in [-0.05, 0) is 0 Å². The van der Waals surface area contributed by atoms with Gasteiger partial charge in [0.15, 0.2) is 0 Å². The summed E-state index contributed by atoms with van der Waals surface area (Å²) in [6, 6.07) is 0. The van der Waals surface area contributed by atoms with E-state index in [0.29, 0.717) is 0 Å². The molecule has 0 atom stereocenters. The zero-order valence-corrected chi connectivity index (χ0v) is 4.63. The van der Waals surface area contributed by atoms with E-state index in [1.54, 1.807) is 0 Å². The second-order valence-corrected chi connectivity index (χ2v) is 0.610. The lowest BCUT2D eigenvalue weighted by atomic mass is 10.7. The largest absolute Gasteiger partial charge is 0.473 e. The second-order valence-electron chi connectivity index (χ2n) is 0.610. The van der Waals surface area contributed by atoms with Gasteiger partial charge in [0.2, 0.25) is 0 Å². The summed E-state index contributed by atoms with van der Waals surface area (Å²) in [6.07, 6.45) is 0. The molecular formula is C4H8O5. The van der Waals surface area contributed by atoms with Crippen molar-refractivity contribution in [1.29, 1.82) is 0 Å². The molecule has 0 unspecified atom stereocenters. The van der Waals surface area contributed by atoms with Crippen LogP contribution in [0.3, 0.4) is 0 Å². The number of aliphatic carboxylic acids is 2. The van der Waals surface area contributed by atoms with Crippen LogP contribution in [0, 0.1) is 0 Å². The molecule has 4 N–H and O–H groups in total. The van der Waals surface area contributed by atoms with Gasteiger partial charge in [-0.25, -0.2) is 9.59 Å². The van der Waals surface area contributed by atoms with Crippen LogP contribution in [-0.2, 0) is 9.59 Å². The summed E-state index contributed by atoms with van der Waals surface area (Å²) in [5.74, 6) is -3.65. The maximum absolute atomic E-state index is 9.10. The van der Waals surface area contributed by atoms with Crippen LogP contribution in [-0.4, -0.2) is 27.6 Å². The van der Waals surface area contributed by atoms with Gasteiger partial charge >= 0.3 is 11.9 Å². The first-order valence-electron chi connectivity index (χ1n) is 1.61. The highest BCUT2D eigenvalue weighted by Crippen LogP contribution is 1.56. The van der Waals surface area contributed by atoms with Gasteiger partial charge in [-0.1, -0.05) is 0 Å². The van der Waals surface area contributed by atoms with Crippen LogP contribution in [0.25, 0.3) is 0 Å². The van der Waals surface area contributed by atoms with Crippen molar-refractivity contribution < 1.29 is 25.3 Å². The maximum atomic E-state index is 9.10. The average molecular weight is 136 g/mol. The van der Waals surface area contributed by atoms with Crippen LogP contribution < -0.4 is 0 Å². The van der Waals surface area contributed by atoms with Crippen molar-refractivity contribution in [2.75, 3.05) is 0 Å². The Morgan fingerprint density at radius 2 is 1.11 bits per heavy atom. The van der Waals surface area contributed by atoms with Gasteiger partial charge in [-0.2, -0.15) is 0 Å². The van der Waals surface area contributed by atoms with Gasteiger partial charge in [-0.15, -0.1) is 13.2 Å². The molecule has 0 saturated heterocycles. The summed E-state index contributed by atoms with van der Waals surface area (Å²) >= 11 is 0. The first-order valence-corrected chi connectivity index (χ1v) is 1.61. The maximum Gasteiger partial charge on any atom is 0.414 e. The van der Waals surface area contributed by atoms with Crippen LogP contribution in [0.1, 0.15) is 0 Å². The summed E-state index contributed by atoms with van der Waals surface area (Å²) in [5, 5.41) is 14.8. The van der Waals surface area contributed by atoms with Crippen molar-refractivity contribution in [3.05, 3.63) is 13.2 Å². The molecule has 0 aliphatic carbocycles. The van der Waals surface area contributed by atoms with E-state index < -0.39 is 11.9 Å². The Balaban J connectivity index is -0.000000109. The summed E-state index contributed by atoms with van der Waals surface area (Å²) in [4.78, 5) is 18.2. The molecule has 0 saturated carbocycles. The Hall–Kier alpha value is -1.36. The first-order chi connectivity index (χ1) is 3.64. The molecule has 0 bridgehead atoms. The van der Waals surface area contributed by atoms with Crippen LogP contribution in [0.5, 0.6) is 0 Å². The lowest BCUT2D eigenvalue weighted by molar-refractivity contribution is -0.159. The van der Waals surface area contributed by atoms with E-state index >= 15 is 0 Å². The number of rotatable bonds is 0. The van der Waals surface area contributed by atoms with Crippen molar-refractivity contribution >= 4 is 11.9 Å². The highest BCUT2D eigenvalue weighted by Gasteiger charge is 2.04. The molecule has 0 aromatic carbocycles. The normalized spacial score (nSPS) is 5.33. The molecule has 9 heavy (non-hydrogen) atoms. The summed E-state index contributed by atoms with van der Waals surface area (Å²) in [5.41, 5.74) is 0. The van der Waals surface area contributed by atoms with Gasteiger partial charge in [0.1, 0.15) is 0 Å². The molecule has 0 amide bonds. The fraction of sp³-hybridized carbons (Fsp3) is 0. The smallest absolute Gasteiger partial charge is 0.414 e. The van der Waals surface area contributed by atoms with E-state index in [9.17, 15) is 0 Å². The lowest BCUT2D eigenvalue weighted by Gasteiger charge is -1.72. The summed E-state index contributed by atoms with van der Waals surface area (Å²) in [7, 11) is 0. The Kier molecular flexibility index (Phi) is 17.1. The molecular weight excluding hydrogens is 128 g/mol. The number of carboxylic acids is 2. The second kappa shape index (κ2) is 9.81. The zero-order valence-electron chi connectivity index (χ0n) is 4.63. The van der Waals surface area contributed by atoms with Crippen LogP contribution in [0.15, 0.2) is 13.2 Å². The molecule has 5 nitrogen and oxygen atoms in total. The highest BCUT2D eigenvalue weighted by atomic mass is 16.4. The third-order valence-corrected chi connectivity index (χ3v) is 0.183. The minimum atomic E-state index is -1.82. The summed E-state index contributed by atoms with van der Waals surface area (Å²) < 4.78 is 0. The number of carbonyl (C=O) groups is 2. The van der Waals surface area contributed by atoms with Gasteiger partial charge in [0.05, 0.1) is 0 Å². The van der Waals surface area contributed by atoms with E-state index in [-0.39, 0.29) is 5.48 Å². The molecule has 0 aromatic rings. The van der Waals surface area contributed by atoms with E-state index in [0.717, 1.165) is 0 Å². The average Bonchev–Trinajstić information content (AvgIpc) is 1.72. The Bertz CT molecular complexity index is 85.1. The van der Waals surface area contributed by atoms with E-state index in [1.165, 1.54) is 0 Å². The molecule has 0 aliphatic rings.